The summed E-state index contributed by atoms with van der Waals surface area (Å²) in [5.41, 5.74) is 3.80. The Hall–Kier alpha value is -1.00. The molecule has 0 saturated carbocycles. The second-order valence-electron chi connectivity index (χ2n) is 5.27. The topological polar surface area (TPSA) is 41.1 Å². The van der Waals surface area contributed by atoms with E-state index >= 15 is 0 Å². The number of aromatic nitrogens is 2. The van der Waals surface area contributed by atoms with Gasteiger partial charge in [0.1, 0.15) is 5.82 Å². The van der Waals surface area contributed by atoms with Gasteiger partial charge in [-0.05, 0) is 20.0 Å². The summed E-state index contributed by atoms with van der Waals surface area (Å²) in [4.78, 5) is 11.6. The molecule has 4 heteroatoms. The summed E-state index contributed by atoms with van der Waals surface area (Å²) in [6.45, 7) is 7.18. The van der Waals surface area contributed by atoms with E-state index in [0.29, 0.717) is 5.92 Å². The largest absolute Gasteiger partial charge is 0.312 e. The van der Waals surface area contributed by atoms with Crippen LogP contribution in [0.25, 0.3) is 0 Å². The van der Waals surface area contributed by atoms with Crippen molar-refractivity contribution in [1.82, 2.24) is 20.2 Å². The molecule has 2 rings (SSSR count). The van der Waals surface area contributed by atoms with Crippen molar-refractivity contribution in [3.63, 3.8) is 0 Å². The number of hydrogen-bond donors (Lipinski definition) is 1. The van der Waals surface area contributed by atoms with Crippen LogP contribution < -0.4 is 5.32 Å². The van der Waals surface area contributed by atoms with Crippen molar-refractivity contribution >= 4 is 0 Å². The molecule has 1 aliphatic heterocycles. The van der Waals surface area contributed by atoms with E-state index in [1.54, 1.807) is 0 Å². The lowest BCUT2D eigenvalue weighted by atomic mass is 9.98. The fourth-order valence-electron chi connectivity index (χ4n) is 2.25. The highest BCUT2D eigenvalue weighted by Gasteiger charge is 2.19. The molecule has 1 aromatic rings. The van der Waals surface area contributed by atoms with Crippen LogP contribution in [0.15, 0.2) is 0 Å². The Morgan fingerprint density at radius 2 is 2.06 bits per heavy atom. The second-order valence-corrected chi connectivity index (χ2v) is 5.27. The van der Waals surface area contributed by atoms with Gasteiger partial charge in [-0.3, -0.25) is 0 Å². The van der Waals surface area contributed by atoms with Crippen molar-refractivity contribution in [1.29, 1.82) is 0 Å². The molecule has 0 saturated heterocycles. The van der Waals surface area contributed by atoms with Gasteiger partial charge in [0.2, 0.25) is 0 Å². The molecule has 4 nitrogen and oxygen atoms in total. The molecule has 94 valence electrons. The van der Waals surface area contributed by atoms with E-state index in [2.05, 4.69) is 38.2 Å². The highest BCUT2D eigenvalue weighted by molar-refractivity contribution is 5.30. The molecule has 0 unspecified atom stereocenters. The van der Waals surface area contributed by atoms with Gasteiger partial charge in [0, 0.05) is 25.1 Å². The van der Waals surface area contributed by atoms with Crippen LogP contribution in [0.4, 0.5) is 0 Å². The normalized spacial score (nSPS) is 15.4. The summed E-state index contributed by atoms with van der Waals surface area (Å²) < 4.78 is 0. The SMILES string of the molecule is CC(C)c1nc(CN(C)C)nc2c1CNCC2. The third-order valence-electron chi connectivity index (χ3n) is 3.02. The Morgan fingerprint density at radius 1 is 1.29 bits per heavy atom. The lowest BCUT2D eigenvalue weighted by Crippen LogP contribution is -2.28. The minimum Gasteiger partial charge on any atom is -0.312 e. The van der Waals surface area contributed by atoms with E-state index in [1.807, 2.05) is 0 Å². The first-order valence-corrected chi connectivity index (χ1v) is 6.32. The van der Waals surface area contributed by atoms with E-state index in [9.17, 15) is 0 Å². The maximum Gasteiger partial charge on any atom is 0.142 e. The summed E-state index contributed by atoms with van der Waals surface area (Å²) in [5.74, 6) is 1.42. The highest BCUT2D eigenvalue weighted by atomic mass is 15.1. The van der Waals surface area contributed by atoms with Crippen LogP contribution in [0.1, 0.15) is 42.5 Å². The third-order valence-corrected chi connectivity index (χ3v) is 3.02. The zero-order valence-corrected chi connectivity index (χ0v) is 11.2. The minimum atomic E-state index is 0.465. The molecule has 2 heterocycles. The van der Waals surface area contributed by atoms with E-state index in [1.165, 1.54) is 17.0 Å². The first kappa shape index (κ1) is 12.5. The quantitative estimate of drug-likeness (QED) is 0.856. The summed E-state index contributed by atoms with van der Waals surface area (Å²) >= 11 is 0. The van der Waals surface area contributed by atoms with Crippen LogP contribution in [0, 0.1) is 0 Å². The average Bonchev–Trinajstić information content (AvgIpc) is 2.27. The molecule has 17 heavy (non-hydrogen) atoms. The highest BCUT2D eigenvalue weighted by Crippen LogP contribution is 2.22. The molecule has 0 aromatic carbocycles. The first-order valence-electron chi connectivity index (χ1n) is 6.32. The number of hydrogen-bond acceptors (Lipinski definition) is 4. The maximum atomic E-state index is 4.73. The van der Waals surface area contributed by atoms with Crippen molar-refractivity contribution < 1.29 is 0 Å². The van der Waals surface area contributed by atoms with Gasteiger partial charge in [-0.2, -0.15) is 0 Å². The van der Waals surface area contributed by atoms with E-state index < -0.39 is 0 Å². The smallest absolute Gasteiger partial charge is 0.142 e. The monoisotopic (exact) mass is 234 g/mol. The van der Waals surface area contributed by atoms with Crippen molar-refractivity contribution in [2.45, 2.75) is 39.3 Å². The zero-order chi connectivity index (χ0) is 12.4. The Kier molecular flexibility index (Phi) is 3.74. The first-order chi connectivity index (χ1) is 8.08. The molecule has 0 aliphatic carbocycles. The molecule has 1 aromatic heterocycles. The molecule has 0 bridgehead atoms. The van der Waals surface area contributed by atoms with Crippen LogP contribution in [0.2, 0.25) is 0 Å². The van der Waals surface area contributed by atoms with Gasteiger partial charge < -0.3 is 10.2 Å². The van der Waals surface area contributed by atoms with Crippen LogP contribution in [0.3, 0.4) is 0 Å². The molecule has 0 spiro atoms. The molecule has 0 radical (unpaired) electrons. The number of rotatable bonds is 3. The summed E-state index contributed by atoms with van der Waals surface area (Å²) in [5, 5.41) is 3.41. The van der Waals surface area contributed by atoms with Gasteiger partial charge in [0.05, 0.1) is 17.9 Å². The van der Waals surface area contributed by atoms with Gasteiger partial charge >= 0.3 is 0 Å². The Balaban J connectivity index is 2.41. The van der Waals surface area contributed by atoms with Crippen LogP contribution >= 0.6 is 0 Å². The Labute approximate surface area is 103 Å². The molecular formula is C13H22N4. The van der Waals surface area contributed by atoms with Gasteiger partial charge in [-0.1, -0.05) is 13.8 Å². The van der Waals surface area contributed by atoms with Crippen molar-refractivity contribution in [2.75, 3.05) is 20.6 Å². The lowest BCUT2D eigenvalue weighted by molar-refractivity contribution is 0.387. The predicted molar refractivity (Wildman–Crippen MR) is 68.9 cm³/mol. The van der Waals surface area contributed by atoms with Gasteiger partial charge in [-0.25, -0.2) is 9.97 Å². The van der Waals surface area contributed by atoms with E-state index in [0.717, 1.165) is 31.9 Å². The lowest BCUT2D eigenvalue weighted by Gasteiger charge is -2.22. The summed E-state index contributed by atoms with van der Waals surface area (Å²) in [6.07, 6.45) is 1.03. The van der Waals surface area contributed by atoms with Crippen LogP contribution in [0.5, 0.6) is 0 Å². The average molecular weight is 234 g/mol. The number of nitrogens with zero attached hydrogens (tertiary/aromatic N) is 3. The minimum absolute atomic E-state index is 0.465. The molecule has 1 N–H and O–H groups in total. The maximum absolute atomic E-state index is 4.73. The third kappa shape index (κ3) is 2.82. The van der Waals surface area contributed by atoms with Crippen molar-refractivity contribution in [3.8, 4) is 0 Å². The Bertz CT molecular complexity index is 399. The fraction of sp³-hybridized carbons (Fsp3) is 0.692. The molecule has 0 fully saturated rings. The van der Waals surface area contributed by atoms with E-state index in [4.69, 9.17) is 9.97 Å². The standard InChI is InChI=1S/C13H22N4/c1-9(2)13-10-7-14-6-5-11(10)15-12(16-13)8-17(3)4/h9,14H,5-8H2,1-4H3. The molecule has 0 atom stereocenters. The zero-order valence-electron chi connectivity index (χ0n) is 11.2. The Morgan fingerprint density at radius 3 is 2.71 bits per heavy atom. The summed E-state index contributed by atoms with van der Waals surface area (Å²) in [7, 11) is 4.11. The van der Waals surface area contributed by atoms with E-state index in [-0.39, 0.29) is 0 Å². The van der Waals surface area contributed by atoms with Gasteiger partial charge in [0.25, 0.3) is 0 Å². The van der Waals surface area contributed by atoms with Gasteiger partial charge in [0.15, 0.2) is 0 Å². The van der Waals surface area contributed by atoms with Gasteiger partial charge in [-0.15, -0.1) is 0 Å². The number of nitrogens with one attached hydrogen (secondary N) is 1. The molecular weight excluding hydrogens is 212 g/mol. The van der Waals surface area contributed by atoms with Crippen LogP contribution in [-0.2, 0) is 19.5 Å². The summed E-state index contributed by atoms with van der Waals surface area (Å²) in [6, 6.07) is 0. The van der Waals surface area contributed by atoms with Crippen LogP contribution in [-0.4, -0.2) is 35.5 Å². The number of fused-ring (bicyclic) bond motifs is 1. The van der Waals surface area contributed by atoms with Crippen molar-refractivity contribution in [3.05, 3.63) is 22.8 Å². The predicted octanol–water partition coefficient (Wildman–Crippen LogP) is 1.31. The fourth-order valence-corrected chi connectivity index (χ4v) is 2.25. The second kappa shape index (κ2) is 5.10. The molecule has 0 amide bonds. The molecule has 1 aliphatic rings. The van der Waals surface area contributed by atoms with Crippen molar-refractivity contribution in [2.24, 2.45) is 0 Å².